The van der Waals surface area contributed by atoms with Crippen LogP contribution < -0.4 is 5.69 Å². The number of rotatable bonds is 1. The van der Waals surface area contributed by atoms with Crippen LogP contribution in [0.25, 0.3) is 0 Å². The Morgan fingerprint density at radius 3 is 2.62 bits per heavy atom. The fraction of sp³-hybridized carbons (Fsp3) is 0.500. The van der Waals surface area contributed by atoms with Gasteiger partial charge in [-0.05, 0) is 20.8 Å². The average Bonchev–Trinajstić information content (AvgIpc) is 2.12. The van der Waals surface area contributed by atoms with Gasteiger partial charge in [0.05, 0.1) is 11.8 Å². The van der Waals surface area contributed by atoms with E-state index in [-0.39, 0.29) is 0 Å². The van der Waals surface area contributed by atoms with Crippen molar-refractivity contribution in [2.24, 2.45) is 0 Å². The maximum absolute atomic E-state index is 11.2. The molecule has 1 aromatic rings. The molecule has 0 bridgehead atoms. The molecule has 68 valence electrons. The van der Waals surface area contributed by atoms with Crippen LogP contribution >= 0.6 is 0 Å². The second kappa shape index (κ2) is 3.35. The first-order valence-electron chi connectivity index (χ1n) is 3.90. The average molecular weight is 178 g/mol. The monoisotopic (exact) mass is 178 g/mol. The number of nitriles is 1. The highest BCUT2D eigenvalue weighted by molar-refractivity contribution is 5.08. The molecule has 1 unspecified atom stereocenters. The van der Waals surface area contributed by atoms with E-state index in [0.717, 1.165) is 0 Å². The summed E-state index contributed by atoms with van der Waals surface area (Å²) in [6, 6.07) is 1.49. The zero-order chi connectivity index (χ0) is 10.0. The van der Waals surface area contributed by atoms with E-state index in [4.69, 9.17) is 5.26 Å². The zero-order valence-electron chi connectivity index (χ0n) is 7.77. The summed E-state index contributed by atoms with van der Waals surface area (Å²) in [7, 11) is 0. The Labute approximate surface area is 75.6 Å². The molecule has 0 radical (unpaired) electrons. The van der Waals surface area contributed by atoms with E-state index in [1.807, 2.05) is 6.07 Å². The molecule has 1 heterocycles. The van der Waals surface area contributed by atoms with Gasteiger partial charge in [-0.2, -0.15) is 5.26 Å². The molecule has 0 aliphatic carbocycles. The van der Waals surface area contributed by atoms with E-state index in [0.29, 0.717) is 11.4 Å². The SMILES string of the molecule is Cc1nnc(=O)n(C(C)C#N)c1C. The minimum absolute atomic E-state index is 0.475. The smallest absolute Gasteiger partial charge is 0.277 e. The van der Waals surface area contributed by atoms with Gasteiger partial charge in [0.15, 0.2) is 0 Å². The summed E-state index contributed by atoms with van der Waals surface area (Å²) in [5.74, 6) is 0. The van der Waals surface area contributed by atoms with Crippen LogP contribution in [0.1, 0.15) is 24.4 Å². The third-order valence-electron chi connectivity index (χ3n) is 1.95. The van der Waals surface area contributed by atoms with Gasteiger partial charge in [-0.25, -0.2) is 4.79 Å². The summed E-state index contributed by atoms with van der Waals surface area (Å²) >= 11 is 0. The van der Waals surface area contributed by atoms with Gasteiger partial charge >= 0.3 is 5.69 Å². The van der Waals surface area contributed by atoms with Crippen LogP contribution in [0.4, 0.5) is 0 Å². The van der Waals surface area contributed by atoms with Crippen molar-refractivity contribution in [2.75, 3.05) is 0 Å². The van der Waals surface area contributed by atoms with Crippen molar-refractivity contribution in [3.05, 3.63) is 21.9 Å². The predicted octanol–water partition coefficient (Wildman–Crippen LogP) is 0.340. The van der Waals surface area contributed by atoms with Crippen LogP contribution in [0.2, 0.25) is 0 Å². The molecule has 0 N–H and O–H groups in total. The highest BCUT2D eigenvalue weighted by Gasteiger charge is 2.10. The Balaban J connectivity index is 3.44. The molecule has 5 heteroatoms. The highest BCUT2D eigenvalue weighted by atomic mass is 16.1. The Morgan fingerprint density at radius 1 is 1.46 bits per heavy atom. The summed E-state index contributed by atoms with van der Waals surface area (Å²) in [5, 5.41) is 15.7. The number of nitrogens with zero attached hydrogens (tertiary/aromatic N) is 4. The topological polar surface area (TPSA) is 71.6 Å². The molecule has 0 fully saturated rings. The van der Waals surface area contributed by atoms with Crippen molar-refractivity contribution >= 4 is 0 Å². The Morgan fingerprint density at radius 2 is 2.08 bits per heavy atom. The molecule has 1 aromatic heterocycles. The summed E-state index contributed by atoms with van der Waals surface area (Å²) in [6.07, 6.45) is 0. The van der Waals surface area contributed by atoms with E-state index >= 15 is 0 Å². The summed E-state index contributed by atoms with van der Waals surface area (Å²) in [5.41, 5.74) is 0.882. The van der Waals surface area contributed by atoms with Crippen molar-refractivity contribution in [3.63, 3.8) is 0 Å². The molecule has 5 nitrogen and oxygen atoms in total. The van der Waals surface area contributed by atoms with Crippen molar-refractivity contribution < 1.29 is 0 Å². The van der Waals surface area contributed by atoms with E-state index in [1.54, 1.807) is 20.8 Å². The standard InChI is InChI=1S/C8H10N4O/c1-5(4-9)12-7(3)6(2)10-11-8(12)13/h5H,1-3H3. The molecule has 1 atom stereocenters. The Kier molecular flexibility index (Phi) is 2.42. The minimum atomic E-state index is -0.498. The van der Waals surface area contributed by atoms with Gasteiger partial charge in [0.1, 0.15) is 6.04 Å². The van der Waals surface area contributed by atoms with Gasteiger partial charge in [-0.3, -0.25) is 4.57 Å². The lowest BCUT2D eigenvalue weighted by Gasteiger charge is -2.10. The second-order valence-corrected chi connectivity index (χ2v) is 2.83. The minimum Gasteiger partial charge on any atom is -0.277 e. The van der Waals surface area contributed by atoms with Crippen LogP contribution in [-0.4, -0.2) is 14.8 Å². The number of hydrogen-bond acceptors (Lipinski definition) is 4. The van der Waals surface area contributed by atoms with Crippen LogP contribution in [0.15, 0.2) is 4.79 Å². The summed E-state index contributed by atoms with van der Waals surface area (Å²) in [4.78, 5) is 11.2. The number of aromatic nitrogens is 3. The quantitative estimate of drug-likeness (QED) is 0.621. The van der Waals surface area contributed by atoms with Gasteiger partial charge in [0.2, 0.25) is 0 Å². The first kappa shape index (κ1) is 9.39. The second-order valence-electron chi connectivity index (χ2n) is 2.83. The molecule has 0 spiro atoms. The van der Waals surface area contributed by atoms with E-state index in [2.05, 4.69) is 10.2 Å². The van der Waals surface area contributed by atoms with Crippen molar-refractivity contribution in [1.29, 1.82) is 5.26 Å². The van der Waals surface area contributed by atoms with Crippen LogP contribution in [0.5, 0.6) is 0 Å². The molecule has 1 rings (SSSR count). The van der Waals surface area contributed by atoms with E-state index in [9.17, 15) is 4.79 Å². The molecule has 0 aromatic carbocycles. The normalized spacial score (nSPS) is 12.2. The number of hydrogen-bond donors (Lipinski definition) is 0. The highest BCUT2D eigenvalue weighted by Crippen LogP contribution is 2.05. The largest absolute Gasteiger partial charge is 0.367 e. The maximum atomic E-state index is 11.2. The van der Waals surface area contributed by atoms with Gasteiger partial charge < -0.3 is 0 Å². The fourth-order valence-corrected chi connectivity index (χ4v) is 1.07. The van der Waals surface area contributed by atoms with E-state index in [1.165, 1.54) is 4.57 Å². The number of aryl methyl sites for hydroxylation is 1. The van der Waals surface area contributed by atoms with E-state index < -0.39 is 11.7 Å². The fourth-order valence-electron chi connectivity index (χ4n) is 1.07. The lowest BCUT2D eigenvalue weighted by atomic mass is 10.3. The Hall–Kier alpha value is -1.70. The van der Waals surface area contributed by atoms with Crippen LogP contribution in [0.3, 0.4) is 0 Å². The summed E-state index contributed by atoms with van der Waals surface area (Å²) in [6.45, 7) is 5.15. The van der Waals surface area contributed by atoms with Crippen molar-refractivity contribution in [1.82, 2.24) is 14.8 Å². The molecule has 0 aliphatic heterocycles. The molecule has 0 saturated carbocycles. The van der Waals surface area contributed by atoms with Crippen molar-refractivity contribution in [2.45, 2.75) is 26.8 Å². The third-order valence-corrected chi connectivity index (χ3v) is 1.95. The lowest BCUT2D eigenvalue weighted by molar-refractivity contribution is 0.581. The van der Waals surface area contributed by atoms with Crippen LogP contribution in [0, 0.1) is 25.2 Å². The van der Waals surface area contributed by atoms with Gasteiger partial charge in [-0.15, -0.1) is 5.10 Å². The Bertz CT molecular complexity index is 415. The third kappa shape index (κ3) is 1.56. The predicted molar refractivity (Wildman–Crippen MR) is 46.1 cm³/mol. The summed E-state index contributed by atoms with van der Waals surface area (Å²) < 4.78 is 1.34. The lowest BCUT2D eigenvalue weighted by Crippen LogP contribution is -2.29. The first-order valence-corrected chi connectivity index (χ1v) is 3.90. The molecule has 0 saturated heterocycles. The zero-order valence-corrected chi connectivity index (χ0v) is 7.77. The van der Waals surface area contributed by atoms with Gasteiger partial charge in [-0.1, -0.05) is 5.10 Å². The molecular weight excluding hydrogens is 168 g/mol. The molecular formula is C8H10N4O. The van der Waals surface area contributed by atoms with Gasteiger partial charge in [0, 0.05) is 5.69 Å². The maximum Gasteiger partial charge on any atom is 0.367 e. The molecule has 0 aliphatic rings. The molecule has 13 heavy (non-hydrogen) atoms. The van der Waals surface area contributed by atoms with Crippen LogP contribution in [-0.2, 0) is 0 Å². The first-order chi connectivity index (χ1) is 6.07. The molecule has 0 amide bonds. The van der Waals surface area contributed by atoms with Gasteiger partial charge in [0.25, 0.3) is 0 Å². The van der Waals surface area contributed by atoms with Crippen molar-refractivity contribution in [3.8, 4) is 6.07 Å².